The molecule has 4 nitrogen and oxygen atoms in total. The van der Waals surface area contributed by atoms with Crippen molar-refractivity contribution in [2.24, 2.45) is 5.73 Å². The highest BCUT2D eigenvalue weighted by Crippen LogP contribution is 1.81. The van der Waals surface area contributed by atoms with Crippen LogP contribution in [0.2, 0.25) is 0 Å². The van der Waals surface area contributed by atoms with E-state index < -0.39 is 5.97 Å². The van der Waals surface area contributed by atoms with Crippen molar-refractivity contribution in [1.82, 2.24) is 5.32 Å². The lowest BCUT2D eigenvalue weighted by Crippen LogP contribution is -2.22. The summed E-state index contributed by atoms with van der Waals surface area (Å²) in [6, 6.07) is 0. The molecule has 0 aromatic carbocycles. The van der Waals surface area contributed by atoms with Crippen LogP contribution in [0.5, 0.6) is 0 Å². The van der Waals surface area contributed by atoms with Crippen LogP contribution >= 0.6 is 0 Å². The summed E-state index contributed by atoms with van der Waals surface area (Å²) in [4.78, 5) is 10.6. The quantitative estimate of drug-likeness (QED) is 0.445. The molecule has 0 aliphatic rings. The van der Waals surface area contributed by atoms with Crippen molar-refractivity contribution >= 4 is 5.97 Å². The molecule has 3 N–H and O–H groups in total. The number of ether oxygens (including phenoxy) is 1. The topological polar surface area (TPSA) is 64.3 Å². The number of rotatable bonds is 4. The first-order valence-corrected chi connectivity index (χ1v) is 3.49. The van der Waals surface area contributed by atoms with E-state index in [9.17, 15) is 4.79 Å². The third-order valence-electron chi connectivity index (χ3n) is 1.05. The van der Waals surface area contributed by atoms with Gasteiger partial charge in [-0.3, -0.25) is 0 Å². The van der Waals surface area contributed by atoms with E-state index in [4.69, 9.17) is 5.73 Å². The van der Waals surface area contributed by atoms with Crippen LogP contribution in [-0.2, 0) is 9.53 Å². The molecular formula is C7H14N2O2. The van der Waals surface area contributed by atoms with E-state index in [2.05, 4.69) is 10.1 Å². The molecule has 0 aromatic rings. The Morgan fingerprint density at radius 1 is 1.73 bits per heavy atom. The van der Waals surface area contributed by atoms with Crippen molar-refractivity contribution in [2.75, 3.05) is 13.7 Å². The Balaban J connectivity index is 3.70. The van der Waals surface area contributed by atoms with Crippen LogP contribution in [-0.4, -0.2) is 19.6 Å². The molecule has 0 aliphatic carbocycles. The summed E-state index contributed by atoms with van der Waals surface area (Å²) in [7, 11) is 1.31. The fraction of sp³-hybridized carbons (Fsp3) is 0.571. The van der Waals surface area contributed by atoms with E-state index in [1.54, 1.807) is 0 Å². The monoisotopic (exact) mass is 158 g/mol. The summed E-state index contributed by atoms with van der Waals surface area (Å²) in [6.07, 6.45) is 2.19. The van der Waals surface area contributed by atoms with Crippen LogP contribution in [0.4, 0.5) is 0 Å². The molecule has 0 radical (unpaired) electrons. The molecule has 0 aromatic heterocycles. The van der Waals surface area contributed by atoms with Gasteiger partial charge in [-0.05, 0) is 6.42 Å². The first-order chi connectivity index (χ1) is 5.20. The second-order valence-corrected chi connectivity index (χ2v) is 2.05. The molecule has 0 unspecified atom stereocenters. The fourth-order valence-corrected chi connectivity index (χ4v) is 0.506. The summed E-state index contributed by atoms with van der Waals surface area (Å²) < 4.78 is 4.37. The summed E-state index contributed by atoms with van der Waals surface area (Å²) in [5, 5.41) is 2.84. The smallest absolute Gasteiger partial charge is 0.334 e. The number of nitrogens with one attached hydrogen (secondary N) is 1. The zero-order chi connectivity index (χ0) is 8.69. The van der Waals surface area contributed by atoms with Crippen molar-refractivity contribution in [3.05, 3.63) is 11.9 Å². The summed E-state index contributed by atoms with van der Waals surface area (Å²) in [5.41, 5.74) is 5.39. The van der Waals surface area contributed by atoms with E-state index in [-0.39, 0.29) is 0 Å². The molecule has 0 fully saturated rings. The third kappa shape index (κ3) is 5.26. The van der Waals surface area contributed by atoms with Gasteiger partial charge in [0.25, 0.3) is 0 Å². The zero-order valence-corrected chi connectivity index (χ0v) is 6.89. The molecule has 64 valence electrons. The Bertz CT molecular complexity index is 155. The van der Waals surface area contributed by atoms with Crippen LogP contribution in [0.15, 0.2) is 11.9 Å². The highest BCUT2D eigenvalue weighted by atomic mass is 16.5. The van der Waals surface area contributed by atoms with Gasteiger partial charge >= 0.3 is 5.97 Å². The van der Waals surface area contributed by atoms with Crippen LogP contribution < -0.4 is 11.1 Å². The Morgan fingerprint density at radius 3 is 2.82 bits per heavy atom. The Kier molecular flexibility index (Phi) is 4.98. The van der Waals surface area contributed by atoms with Crippen LogP contribution in [0.1, 0.15) is 13.3 Å². The van der Waals surface area contributed by atoms with Gasteiger partial charge in [-0.25, -0.2) is 4.79 Å². The van der Waals surface area contributed by atoms with Crippen LogP contribution in [0.25, 0.3) is 0 Å². The molecule has 0 amide bonds. The van der Waals surface area contributed by atoms with Gasteiger partial charge in [0.05, 0.1) is 13.2 Å². The molecule has 4 heteroatoms. The minimum atomic E-state index is -0.439. The van der Waals surface area contributed by atoms with Gasteiger partial charge < -0.3 is 15.8 Å². The molecule has 0 bridgehead atoms. The Hall–Kier alpha value is -1.19. The fourth-order valence-electron chi connectivity index (χ4n) is 0.506. The van der Waals surface area contributed by atoms with E-state index >= 15 is 0 Å². The minimum Gasteiger partial charge on any atom is -0.466 e. The average molecular weight is 158 g/mol. The van der Waals surface area contributed by atoms with Gasteiger partial charge in [-0.1, -0.05) is 6.92 Å². The van der Waals surface area contributed by atoms with Gasteiger partial charge in [0, 0.05) is 6.54 Å². The molecule has 0 atom stereocenters. The van der Waals surface area contributed by atoms with Crippen molar-refractivity contribution in [3.63, 3.8) is 0 Å². The number of hydrogen-bond donors (Lipinski definition) is 2. The van der Waals surface area contributed by atoms with Crippen molar-refractivity contribution in [3.8, 4) is 0 Å². The van der Waals surface area contributed by atoms with Gasteiger partial charge in [-0.15, -0.1) is 0 Å². The van der Waals surface area contributed by atoms with E-state index in [0.717, 1.165) is 13.0 Å². The SMILES string of the molecule is CCCN/C(N)=C/C(=O)OC. The number of hydrogen-bond acceptors (Lipinski definition) is 4. The van der Waals surface area contributed by atoms with Gasteiger partial charge in [0.2, 0.25) is 0 Å². The second kappa shape index (κ2) is 5.58. The third-order valence-corrected chi connectivity index (χ3v) is 1.05. The number of carbonyl (C=O) groups excluding carboxylic acids is 1. The van der Waals surface area contributed by atoms with Gasteiger partial charge in [0.15, 0.2) is 0 Å². The number of esters is 1. The molecule has 0 spiro atoms. The van der Waals surface area contributed by atoms with E-state index in [1.807, 2.05) is 6.92 Å². The first kappa shape index (κ1) is 9.81. The molecule has 0 heterocycles. The van der Waals surface area contributed by atoms with Crippen molar-refractivity contribution < 1.29 is 9.53 Å². The summed E-state index contributed by atoms with van der Waals surface area (Å²) in [5.74, 6) is -0.0928. The Morgan fingerprint density at radius 2 is 2.36 bits per heavy atom. The van der Waals surface area contributed by atoms with Gasteiger partial charge in [0.1, 0.15) is 5.82 Å². The largest absolute Gasteiger partial charge is 0.466 e. The summed E-state index contributed by atoms with van der Waals surface area (Å²) >= 11 is 0. The molecule has 0 rings (SSSR count). The van der Waals surface area contributed by atoms with Crippen LogP contribution in [0, 0.1) is 0 Å². The highest BCUT2D eigenvalue weighted by Gasteiger charge is 1.94. The predicted octanol–water partition coefficient (Wildman–Crippen LogP) is -0.0409. The molecule has 11 heavy (non-hydrogen) atoms. The second-order valence-electron chi connectivity index (χ2n) is 2.05. The number of carbonyl (C=O) groups is 1. The standard InChI is InChI=1S/C7H14N2O2/c1-3-4-9-6(8)5-7(10)11-2/h5,9H,3-4,8H2,1-2H3/b6-5+. The molecule has 0 saturated heterocycles. The number of methoxy groups -OCH3 is 1. The normalized spacial score (nSPS) is 10.9. The maximum absolute atomic E-state index is 10.6. The number of nitrogens with two attached hydrogens (primary N) is 1. The lowest BCUT2D eigenvalue weighted by Gasteiger charge is -2.02. The van der Waals surface area contributed by atoms with E-state index in [0.29, 0.717) is 5.82 Å². The predicted molar refractivity (Wildman–Crippen MR) is 42.6 cm³/mol. The highest BCUT2D eigenvalue weighted by molar-refractivity contribution is 5.82. The van der Waals surface area contributed by atoms with E-state index in [1.165, 1.54) is 13.2 Å². The maximum atomic E-state index is 10.6. The lowest BCUT2D eigenvalue weighted by molar-refractivity contribution is -0.134. The zero-order valence-electron chi connectivity index (χ0n) is 6.89. The average Bonchev–Trinajstić information content (AvgIpc) is 2.00. The molecular weight excluding hydrogens is 144 g/mol. The van der Waals surface area contributed by atoms with Gasteiger partial charge in [-0.2, -0.15) is 0 Å². The van der Waals surface area contributed by atoms with Crippen molar-refractivity contribution in [2.45, 2.75) is 13.3 Å². The lowest BCUT2D eigenvalue weighted by atomic mass is 10.4. The maximum Gasteiger partial charge on any atom is 0.334 e. The summed E-state index contributed by atoms with van der Waals surface area (Å²) in [6.45, 7) is 2.78. The van der Waals surface area contributed by atoms with Crippen LogP contribution in [0.3, 0.4) is 0 Å². The Labute approximate surface area is 66.4 Å². The van der Waals surface area contributed by atoms with Crippen molar-refractivity contribution in [1.29, 1.82) is 0 Å². The first-order valence-electron chi connectivity index (χ1n) is 3.49. The minimum absolute atomic E-state index is 0.346. The molecule has 0 saturated carbocycles. The molecule has 0 aliphatic heterocycles.